The van der Waals surface area contributed by atoms with Crippen molar-refractivity contribution in [1.29, 1.82) is 0 Å². The highest BCUT2D eigenvalue weighted by molar-refractivity contribution is 9.10. The zero-order valence-electron chi connectivity index (χ0n) is 11.9. The average Bonchev–Trinajstić information content (AvgIpc) is 2.38. The van der Waals surface area contributed by atoms with Crippen molar-refractivity contribution >= 4 is 27.5 Å². The van der Waals surface area contributed by atoms with Crippen LogP contribution in [0.3, 0.4) is 0 Å². The monoisotopic (exact) mass is 340 g/mol. The number of amides is 1. The van der Waals surface area contributed by atoms with Gasteiger partial charge < -0.3 is 10.4 Å². The van der Waals surface area contributed by atoms with Gasteiger partial charge in [-0.3, -0.25) is 9.69 Å². The Bertz CT molecular complexity index is 493. The molecule has 0 spiro atoms. The highest BCUT2D eigenvalue weighted by atomic mass is 79.9. The van der Waals surface area contributed by atoms with Gasteiger partial charge in [-0.25, -0.2) is 0 Å². The number of carbonyl (C=O) groups excluding carboxylic acids is 1. The number of nitrogens with zero attached hydrogens (tertiary/aromatic N) is 1. The molecular formula is C15H21BrN2O2. The van der Waals surface area contributed by atoms with E-state index >= 15 is 0 Å². The van der Waals surface area contributed by atoms with Crippen LogP contribution < -0.4 is 5.32 Å². The van der Waals surface area contributed by atoms with Crippen molar-refractivity contribution < 1.29 is 9.90 Å². The standard InChI is InChI=1S/C15H21BrN2O2/c1-10-7-12(3-4-13(10)16)17-15(20)9-18-6-5-14(19)11(2)8-18/h3-4,7,11,14,19H,5-6,8-9H2,1-2H3,(H,17,20). The number of rotatable bonds is 3. The minimum atomic E-state index is -0.233. The van der Waals surface area contributed by atoms with E-state index in [1.54, 1.807) is 0 Å². The summed E-state index contributed by atoms with van der Waals surface area (Å²) < 4.78 is 1.04. The van der Waals surface area contributed by atoms with Crippen LogP contribution in [0.5, 0.6) is 0 Å². The van der Waals surface area contributed by atoms with E-state index in [9.17, 15) is 9.90 Å². The first-order valence-corrected chi connectivity index (χ1v) is 7.71. The number of benzene rings is 1. The SMILES string of the molecule is Cc1cc(NC(=O)CN2CCC(O)C(C)C2)ccc1Br. The highest BCUT2D eigenvalue weighted by Gasteiger charge is 2.25. The normalized spacial score (nSPS) is 23.6. The summed E-state index contributed by atoms with van der Waals surface area (Å²) in [7, 11) is 0. The number of piperidine rings is 1. The number of nitrogens with one attached hydrogen (secondary N) is 1. The number of aliphatic hydroxyl groups excluding tert-OH is 1. The molecule has 2 unspecified atom stereocenters. The maximum atomic E-state index is 12.0. The average molecular weight is 341 g/mol. The molecule has 2 atom stereocenters. The minimum Gasteiger partial charge on any atom is -0.393 e. The van der Waals surface area contributed by atoms with Gasteiger partial charge in [-0.2, -0.15) is 0 Å². The summed E-state index contributed by atoms with van der Waals surface area (Å²) in [5.41, 5.74) is 1.92. The van der Waals surface area contributed by atoms with Crippen LogP contribution in [-0.4, -0.2) is 41.7 Å². The van der Waals surface area contributed by atoms with Gasteiger partial charge in [-0.05, 0) is 43.0 Å². The van der Waals surface area contributed by atoms with Gasteiger partial charge in [0.15, 0.2) is 0 Å². The molecule has 0 radical (unpaired) electrons. The smallest absolute Gasteiger partial charge is 0.238 e. The number of carbonyl (C=O) groups is 1. The van der Waals surface area contributed by atoms with Crippen LogP contribution in [0.4, 0.5) is 5.69 Å². The Kier molecular flexibility index (Phi) is 5.18. The van der Waals surface area contributed by atoms with Crippen molar-refractivity contribution in [2.45, 2.75) is 26.4 Å². The summed E-state index contributed by atoms with van der Waals surface area (Å²) in [5, 5.41) is 12.6. The van der Waals surface area contributed by atoms with Gasteiger partial charge in [0.25, 0.3) is 0 Å². The van der Waals surface area contributed by atoms with E-state index in [1.807, 2.05) is 32.0 Å². The Morgan fingerprint density at radius 3 is 2.95 bits per heavy atom. The Hall–Kier alpha value is -0.910. The Balaban J connectivity index is 1.87. The fourth-order valence-corrected chi connectivity index (χ4v) is 2.74. The molecule has 0 saturated carbocycles. The second kappa shape index (κ2) is 6.70. The summed E-state index contributed by atoms with van der Waals surface area (Å²) in [5.74, 6) is 0.224. The van der Waals surface area contributed by atoms with Crippen LogP contribution in [0.1, 0.15) is 18.9 Å². The number of aryl methyl sites for hydroxylation is 1. The molecule has 1 aromatic rings. The molecule has 1 aliphatic heterocycles. The van der Waals surface area contributed by atoms with E-state index < -0.39 is 0 Å². The first kappa shape index (κ1) is 15.5. The fraction of sp³-hybridized carbons (Fsp3) is 0.533. The lowest BCUT2D eigenvalue weighted by molar-refractivity contribution is -0.118. The maximum absolute atomic E-state index is 12.0. The summed E-state index contributed by atoms with van der Waals surface area (Å²) in [6.07, 6.45) is 0.509. The molecule has 1 aliphatic rings. The van der Waals surface area contributed by atoms with Crippen LogP contribution in [0.25, 0.3) is 0 Å². The van der Waals surface area contributed by atoms with Crippen molar-refractivity contribution in [3.05, 3.63) is 28.2 Å². The quantitative estimate of drug-likeness (QED) is 0.888. The van der Waals surface area contributed by atoms with Gasteiger partial charge in [0.1, 0.15) is 0 Å². The van der Waals surface area contributed by atoms with Crippen molar-refractivity contribution in [3.8, 4) is 0 Å². The summed E-state index contributed by atoms with van der Waals surface area (Å²) in [6, 6.07) is 5.77. The van der Waals surface area contributed by atoms with E-state index in [0.29, 0.717) is 6.54 Å². The van der Waals surface area contributed by atoms with Crippen LogP contribution in [0, 0.1) is 12.8 Å². The lowest BCUT2D eigenvalue weighted by Crippen LogP contribution is -2.45. The molecule has 1 aromatic carbocycles. The number of aliphatic hydroxyl groups is 1. The number of hydrogen-bond acceptors (Lipinski definition) is 3. The summed E-state index contributed by atoms with van der Waals surface area (Å²) in [4.78, 5) is 14.1. The molecule has 4 nitrogen and oxygen atoms in total. The van der Waals surface area contributed by atoms with Gasteiger partial charge >= 0.3 is 0 Å². The predicted octanol–water partition coefficient (Wildman–Crippen LogP) is 2.40. The third-order valence-corrected chi connectivity index (χ3v) is 4.64. The van der Waals surface area contributed by atoms with Crippen molar-refractivity contribution in [2.24, 2.45) is 5.92 Å². The lowest BCUT2D eigenvalue weighted by Gasteiger charge is -2.33. The number of likely N-dealkylation sites (tertiary alicyclic amines) is 1. The maximum Gasteiger partial charge on any atom is 0.238 e. The molecule has 1 saturated heterocycles. The molecule has 1 heterocycles. The molecule has 0 bridgehead atoms. The third-order valence-electron chi connectivity index (χ3n) is 3.75. The van der Waals surface area contributed by atoms with Crippen molar-refractivity contribution in [2.75, 3.05) is 25.0 Å². The Morgan fingerprint density at radius 1 is 1.55 bits per heavy atom. The van der Waals surface area contributed by atoms with E-state index in [4.69, 9.17) is 0 Å². The predicted molar refractivity (Wildman–Crippen MR) is 83.7 cm³/mol. The van der Waals surface area contributed by atoms with E-state index in [0.717, 1.165) is 35.2 Å². The molecule has 0 aromatic heterocycles. The molecule has 1 fully saturated rings. The van der Waals surface area contributed by atoms with Crippen LogP contribution >= 0.6 is 15.9 Å². The molecule has 1 amide bonds. The Labute approximate surface area is 128 Å². The summed E-state index contributed by atoms with van der Waals surface area (Å²) in [6.45, 7) is 5.94. The molecule has 2 N–H and O–H groups in total. The third kappa shape index (κ3) is 4.04. The molecule has 110 valence electrons. The minimum absolute atomic E-state index is 0.00434. The van der Waals surface area contributed by atoms with E-state index in [2.05, 4.69) is 26.1 Å². The molecule has 2 rings (SSSR count). The van der Waals surface area contributed by atoms with Crippen LogP contribution in [-0.2, 0) is 4.79 Å². The molecule has 20 heavy (non-hydrogen) atoms. The largest absolute Gasteiger partial charge is 0.393 e. The first-order chi connectivity index (χ1) is 9.45. The number of hydrogen-bond donors (Lipinski definition) is 2. The second-order valence-corrected chi connectivity index (χ2v) is 6.43. The lowest BCUT2D eigenvalue weighted by atomic mass is 9.97. The van der Waals surface area contributed by atoms with Gasteiger partial charge in [0, 0.05) is 23.2 Å². The van der Waals surface area contributed by atoms with Gasteiger partial charge in [-0.15, -0.1) is 0 Å². The Morgan fingerprint density at radius 2 is 2.30 bits per heavy atom. The van der Waals surface area contributed by atoms with Crippen molar-refractivity contribution in [3.63, 3.8) is 0 Å². The molecular weight excluding hydrogens is 320 g/mol. The topological polar surface area (TPSA) is 52.6 Å². The number of anilines is 1. The van der Waals surface area contributed by atoms with Crippen LogP contribution in [0.2, 0.25) is 0 Å². The number of halogens is 1. The molecule has 5 heteroatoms. The van der Waals surface area contributed by atoms with Crippen molar-refractivity contribution in [1.82, 2.24) is 4.90 Å². The first-order valence-electron chi connectivity index (χ1n) is 6.92. The second-order valence-electron chi connectivity index (χ2n) is 5.58. The zero-order valence-corrected chi connectivity index (χ0v) is 13.5. The molecule has 0 aliphatic carbocycles. The fourth-order valence-electron chi connectivity index (χ4n) is 2.49. The van der Waals surface area contributed by atoms with E-state index in [1.165, 1.54) is 0 Å². The zero-order chi connectivity index (χ0) is 14.7. The summed E-state index contributed by atoms with van der Waals surface area (Å²) >= 11 is 3.44. The van der Waals surface area contributed by atoms with Gasteiger partial charge in [0.2, 0.25) is 5.91 Å². The highest BCUT2D eigenvalue weighted by Crippen LogP contribution is 2.20. The van der Waals surface area contributed by atoms with Gasteiger partial charge in [-0.1, -0.05) is 22.9 Å². The van der Waals surface area contributed by atoms with E-state index in [-0.39, 0.29) is 17.9 Å². The van der Waals surface area contributed by atoms with Gasteiger partial charge in [0.05, 0.1) is 12.6 Å². The van der Waals surface area contributed by atoms with Crippen LogP contribution in [0.15, 0.2) is 22.7 Å².